The zero-order chi connectivity index (χ0) is 25.1. The van der Waals surface area contributed by atoms with Crippen molar-refractivity contribution in [2.45, 2.75) is 46.2 Å². The molecule has 184 valence electrons. The quantitative estimate of drug-likeness (QED) is 0.336. The van der Waals surface area contributed by atoms with Gasteiger partial charge in [0.05, 0.1) is 12.2 Å². The third-order valence-electron chi connectivity index (χ3n) is 6.24. The number of H-pyrrole nitrogens is 1. The predicted molar refractivity (Wildman–Crippen MR) is 134 cm³/mol. The summed E-state index contributed by atoms with van der Waals surface area (Å²) in [6, 6.07) is 13.1. The molecular weight excluding hydrogens is 459 g/mol. The summed E-state index contributed by atoms with van der Waals surface area (Å²) in [6.45, 7) is 4.88. The highest BCUT2D eigenvalue weighted by atomic mass is 19.1. The first-order chi connectivity index (χ1) is 17.6. The number of hydrogen-bond donors (Lipinski definition) is 1. The molecule has 9 nitrogen and oxygen atoms in total. The Balaban J connectivity index is 1.51. The largest absolute Gasteiger partial charge is 0.334 e. The van der Waals surface area contributed by atoms with Crippen molar-refractivity contribution in [3.8, 4) is 28.3 Å². The van der Waals surface area contributed by atoms with Gasteiger partial charge in [-0.2, -0.15) is 5.21 Å². The van der Waals surface area contributed by atoms with Gasteiger partial charge in [-0.1, -0.05) is 31.5 Å². The fourth-order valence-electron chi connectivity index (χ4n) is 4.38. The molecule has 0 radical (unpaired) electrons. The van der Waals surface area contributed by atoms with E-state index in [1.165, 1.54) is 10.6 Å². The van der Waals surface area contributed by atoms with E-state index in [0.717, 1.165) is 47.3 Å². The Morgan fingerprint density at radius 2 is 1.89 bits per heavy atom. The maximum Gasteiger partial charge on any atom is 0.334 e. The molecule has 10 heteroatoms. The molecule has 0 aliphatic heterocycles. The highest BCUT2D eigenvalue weighted by Crippen LogP contribution is 2.25. The van der Waals surface area contributed by atoms with E-state index in [-0.39, 0.29) is 18.1 Å². The average molecular weight is 487 g/mol. The Hall–Kier alpha value is -4.34. The van der Waals surface area contributed by atoms with Crippen molar-refractivity contribution in [1.29, 1.82) is 0 Å². The van der Waals surface area contributed by atoms with Crippen LogP contribution in [0.15, 0.2) is 65.8 Å². The molecule has 0 atom stereocenters. The van der Waals surface area contributed by atoms with E-state index >= 15 is 0 Å². The Morgan fingerprint density at radius 3 is 2.67 bits per heavy atom. The molecule has 5 aromatic rings. The van der Waals surface area contributed by atoms with Crippen molar-refractivity contribution in [3.63, 3.8) is 0 Å². The summed E-state index contributed by atoms with van der Waals surface area (Å²) in [5.41, 5.74) is 4.09. The van der Waals surface area contributed by atoms with Crippen LogP contribution in [-0.4, -0.2) is 39.3 Å². The molecule has 0 fully saturated rings. The molecule has 0 bridgehead atoms. The first-order valence-electron chi connectivity index (χ1n) is 12.0. The normalized spacial score (nSPS) is 11.3. The molecule has 0 aliphatic carbocycles. The topological polar surface area (TPSA) is 99.2 Å². The minimum absolute atomic E-state index is 0.263. The van der Waals surface area contributed by atoms with Gasteiger partial charge in [-0.3, -0.25) is 14.1 Å². The summed E-state index contributed by atoms with van der Waals surface area (Å²) in [6.07, 6.45) is 7.80. The molecule has 5 rings (SSSR count). The number of imidazole rings is 1. The Labute approximate surface area is 207 Å². The number of aryl methyl sites for hydroxylation is 2. The fourth-order valence-corrected chi connectivity index (χ4v) is 4.38. The van der Waals surface area contributed by atoms with Gasteiger partial charge in [-0.05, 0) is 60.4 Å². The standard InChI is InChI=1S/C26H27FN8O/c1-3-5-9-22-17-35(25-23(27)11-13-33(25)4-2)26(36)34(22)16-21-15-19(10-12-28-21)18-7-6-8-20(14-18)24-29-31-32-30-24/h6-8,10-15,17H,3-5,9,16H2,1-2H3,(H,29,30,31,32). The van der Waals surface area contributed by atoms with E-state index in [4.69, 9.17) is 0 Å². The van der Waals surface area contributed by atoms with Gasteiger partial charge in [0.1, 0.15) is 0 Å². The summed E-state index contributed by atoms with van der Waals surface area (Å²) in [7, 11) is 0. The minimum Gasteiger partial charge on any atom is -0.332 e. The van der Waals surface area contributed by atoms with Crippen molar-refractivity contribution in [3.05, 3.63) is 88.7 Å². The maximum atomic E-state index is 14.6. The molecule has 4 heterocycles. The van der Waals surface area contributed by atoms with Crippen LogP contribution in [0.5, 0.6) is 0 Å². The van der Waals surface area contributed by atoms with Crippen molar-refractivity contribution in [2.24, 2.45) is 0 Å². The van der Waals surface area contributed by atoms with Gasteiger partial charge in [0.25, 0.3) is 0 Å². The average Bonchev–Trinajstić information content (AvgIpc) is 3.64. The molecule has 0 saturated heterocycles. The van der Waals surface area contributed by atoms with Crippen molar-refractivity contribution < 1.29 is 4.39 Å². The number of pyridine rings is 1. The maximum absolute atomic E-state index is 14.6. The summed E-state index contributed by atoms with van der Waals surface area (Å²) in [4.78, 5) is 18.0. The van der Waals surface area contributed by atoms with Crippen LogP contribution in [0, 0.1) is 5.82 Å². The van der Waals surface area contributed by atoms with Crippen LogP contribution < -0.4 is 5.69 Å². The first-order valence-corrected chi connectivity index (χ1v) is 12.0. The smallest absolute Gasteiger partial charge is 0.332 e. The lowest BCUT2D eigenvalue weighted by Gasteiger charge is -2.09. The van der Waals surface area contributed by atoms with Gasteiger partial charge in [0.15, 0.2) is 11.6 Å². The SMILES string of the molecule is CCCCc1cn(-c2c(F)ccn2CC)c(=O)n1Cc1cc(-c2cccc(-c3nn[nH]n3)c2)ccn1. The highest BCUT2D eigenvalue weighted by Gasteiger charge is 2.19. The van der Waals surface area contributed by atoms with Gasteiger partial charge in [-0.25, -0.2) is 9.18 Å². The second kappa shape index (κ2) is 10.1. The number of halogens is 1. The number of hydrogen-bond acceptors (Lipinski definition) is 5. The molecule has 36 heavy (non-hydrogen) atoms. The molecular formula is C26H27FN8O. The molecule has 4 aromatic heterocycles. The van der Waals surface area contributed by atoms with Crippen molar-refractivity contribution in [2.75, 3.05) is 0 Å². The number of benzene rings is 1. The van der Waals surface area contributed by atoms with Crippen LogP contribution >= 0.6 is 0 Å². The van der Waals surface area contributed by atoms with E-state index in [1.54, 1.807) is 27.7 Å². The number of aromatic nitrogens is 8. The third-order valence-corrected chi connectivity index (χ3v) is 6.24. The lowest BCUT2D eigenvalue weighted by molar-refractivity contribution is 0.594. The zero-order valence-electron chi connectivity index (χ0n) is 20.2. The second-order valence-corrected chi connectivity index (χ2v) is 8.59. The van der Waals surface area contributed by atoms with E-state index < -0.39 is 5.82 Å². The van der Waals surface area contributed by atoms with Crippen LogP contribution in [0.3, 0.4) is 0 Å². The van der Waals surface area contributed by atoms with Gasteiger partial charge < -0.3 is 4.57 Å². The van der Waals surface area contributed by atoms with Gasteiger partial charge in [-0.15, -0.1) is 10.2 Å². The van der Waals surface area contributed by atoms with Crippen LogP contribution in [0.25, 0.3) is 28.3 Å². The lowest BCUT2D eigenvalue weighted by atomic mass is 10.0. The van der Waals surface area contributed by atoms with Gasteiger partial charge in [0, 0.05) is 36.4 Å². The number of aromatic amines is 1. The lowest BCUT2D eigenvalue weighted by Crippen LogP contribution is -2.26. The van der Waals surface area contributed by atoms with Crippen LogP contribution in [0.1, 0.15) is 38.1 Å². The Bertz CT molecular complexity index is 1530. The number of rotatable bonds is 9. The fraction of sp³-hybridized carbons (Fsp3) is 0.269. The number of unbranched alkanes of at least 4 members (excludes halogenated alkanes) is 1. The Morgan fingerprint density at radius 1 is 1.06 bits per heavy atom. The summed E-state index contributed by atoms with van der Waals surface area (Å²) in [5, 5.41) is 14.2. The molecule has 0 unspecified atom stereocenters. The number of nitrogens with one attached hydrogen (secondary N) is 1. The van der Waals surface area contributed by atoms with Crippen molar-refractivity contribution in [1.82, 2.24) is 39.3 Å². The zero-order valence-corrected chi connectivity index (χ0v) is 20.2. The minimum atomic E-state index is -0.417. The number of nitrogens with zero attached hydrogens (tertiary/aromatic N) is 7. The molecule has 1 aromatic carbocycles. The first kappa shape index (κ1) is 23.4. The molecule has 0 saturated carbocycles. The van der Waals surface area contributed by atoms with E-state index in [0.29, 0.717) is 12.4 Å². The molecule has 1 N–H and O–H groups in total. The molecule has 0 aliphatic rings. The summed E-state index contributed by atoms with van der Waals surface area (Å²) < 4.78 is 19.5. The van der Waals surface area contributed by atoms with Gasteiger partial charge in [0.2, 0.25) is 5.82 Å². The van der Waals surface area contributed by atoms with E-state index in [1.807, 2.05) is 43.3 Å². The Kier molecular flexibility index (Phi) is 6.57. The highest BCUT2D eigenvalue weighted by molar-refractivity contribution is 5.70. The second-order valence-electron chi connectivity index (χ2n) is 8.59. The molecule has 0 spiro atoms. The summed E-state index contributed by atoms with van der Waals surface area (Å²) in [5.74, 6) is 0.363. The third kappa shape index (κ3) is 4.49. The summed E-state index contributed by atoms with van der Waals surface area (Å²) >= 11 is 0. The van der Waals surface area contributed by atoms with Crippen LogP contribution in [-0.2, 0) is 19.5 Å². The monoisotopic (exact) mass is 486 g/mol. The van der Waals surface area contributed by atoms with E-state index in [9.17, 15) is 9.18 Å². The van der Waals surface area contributed by atoms with Crippen LogP contribution in [0.4, 0.5) is 4.39 Å². The van der Waals surface area contributed by atoms with E-state index in [2.05, 4.69) is 32.5 Å². The van der Waals surface area contributed by atoms with Gasteiger partial charge >= 0.3 is 5.69 Å². The molecule has 0 amide bonds. The van der Waals surface area contributed by atoms with Crippen molar-refractivity contribution >= 4 is 0 Å². The predicted octanol–water partition coefficient (Wildman–Crippen LogP) is 4.23. The van der Waals surface area contributed by atoms with Crippen LogP contribution in [0.2, 0.25) is 0 Å². The number of tetrazole rings is 1.